The van der Waals surface area contributed by atoms with Crippen molar-refractivity contribution in [3.63, 3.8) is 0 Å². The van der Waals surface area contributed by atoms with Crippen molar-refractivity contribution in [3.8, 4) is 0 Å². The minimum atomic E-state index is 0. The number of rotatable bonds is 9. The fraction of sp³-hybridized carbons (Fsp3) is 1.00. The Morgan fingerprint density at radius 2 is 1.00 bits per heavy atom. The van der Waals surface area contributed by atoms with Gasteiger partial charge in [-0.2, -0.15) is 9.90 Å². The zero-order chi connectivity index (χ0) is 10.9. The summed E-state index contributed by atoms with van der Waals surface area (Å²) in [5.74, 6) is 0. The Kier molecular flexibility index (Phi) is 13.8. The molecular formula is C13H32P2. The highest BCUT2D eigenvalue weighted by Gasteiger charge is 2.22. The standard InChI is InChI=1S/C13H29P.H3P/c1-4-7-10-13(14,11-8-5-2)12-9-6-3;/h4-12,14H2,1-3H3;1H3. The van der Waals surface area contributed by atoms with Crippen LogP contribution in [-0.4, -0.2) is 5.16 Å². The van der Waals surface area contributed by atoms with Gasteiger partial charge in [0.15, 0.2) is 0 Å². The molecule has 0 rings (SSSR count). The average molecular weight is 250 g/mol. The van der Waals surface area contributed by atoms with Gasteiger partial charge in [0.1, 0.15) is 0 Å². The second-order valence-electron chi connectivity index (χ2n) is 4.67. The molecule has 0 amide bonds. The largest absolute Gasteiger partial charge is 0.153 e. The summed E-state index contributed by atoms with van der Waals surface area (Å²) in [6, 6.07) is 0. The fourth-order valence-electron chi connectivity index (χ4n) is 1.96. The van der Waals surface area contributed by atoms with Gasteiger partial charge in [-0.25, -0.2) is 0 Å². The molecule has 94 valence electrons. The zero-order valence-corrected chi connectivity index (χ0v) is 13.7. The van der Waals surface area contributed by atoms with Crippen molar-refractivity contribution in [2.24, 2.45) is 0 Å². The van der Waals surface area contributed by atoms with E-state index in [1.165, 1.54) is 57.8 Å². The SMILES string of the molecule is CCCCC(P)(CCCC)CCCC.P. The molecule has 0 heterocycles. The number of hydrogen-bond acceptors (Lipinski definition) is 0. The predicted molar refractivity (Wildman–Crippen MR) is 82.1 cm³/mol. The summed E-state index contributed by atoms with van der Waals surface area (Å²) in [6.45, 7) is 6.89. The van der Waals surface area contributed by atoms with E-state index in [0.717, 1.165) is 0 Å². The molecule has 0 radical (unpaired) electrons. The third-order valence-electron chi connectivity index (χ3n) is 3.08. The normalized spacial score (nSPS) is 11.2. The van der Waals surface area contributed by atoms with Gasteiger partial charge in [0.05, 0.1) is 0 Å². The van der Waals surface area contributed by atoms with Crippen LogP contribution in [0.4, 0.5) is 0 Å². The quantitative estimate of drug-likeness (QED) is 0.491. The Bertz CT molecular complexity index is 102. The molecule has 2 unspecified atom stereocenters. The molecule has 0 aromatic carbocycles. The summed E-state index contributed by atoms with van der Waals surface area (Å²) >= 11 is 0. The molecule has 0 fully saturated rings. The lowest BCUT2D eigenvalue weighted by molar-refractivity contribution is 0.424. The first-order chi connectivity index (χ1) is 6.68. The molecule has 0 aliphatic heterocycles. The van der Waals surface area contributed by atoms with Crippen LogP contribution in [-0.2, 0) is 0 Å². The minimum Gasteiger partial charge on any atom is -0.153 e. The molecule has 0 aliphatic carbocycles. The van der Waals surface area contributed by atoms with E-state index in [9.17, 15) is 0 Å². The van der Waals surface area contributed by atoms with Crippen molar-refractivity contribution >= 4 is 19.1 Å². The molecule has 0 aliphatic rings. The van der Waals surface area contributed by atoms with Crippen LogP contribution in [0.5, 0.6) is 0 Å². The molecule has 0 saturated carbocycles. The van der Waals surface area contributed by atoms with E-state index < -0.39 is 0 Å². The summed E-state index contributed by atoms with van der Waals surface area (Å²) in [5.41, 5.74) is 0. The van der Waals surface area contributed by atoms with Gasteiger partial charge in [0.25, 0.3) is 0 Å². The summed E-state index contributed by atoms with van der Waals surface area (Å²) < 4.78 is 0. The van der Waals surface area contributed by atoms with Crippen LogP contribution in [0.15, 0.2) is 0 Å². The molecule has 0 saturated heterocycles. The molecule has 2 heteroatoms. The van der Waals surface area contributed by atoms with Crippen molar-refractivity contribution in [2.45, 2.75) is 83.7 Å². The van der Waals surface area contributed by atoms with Gasteiger partial charge >= 0.3 is 0 Å². The highest BCUT2D eigenvalue weighted by Crippen LogP contribution is 2.36. The topological polar surface area (TPSA) is 0 Å². The Balaban J connectivity index is 0. The van der Waals surface area contributed by atoms with E-state index in [-0.39, 0.29) is 9.90 Å². The Hall–Kier alpha value is 0.860. The molecule has 2 atom stereocenters. The Morgan fingerprint density at radius 3 is 1.20 bits per heavy atom. The first kappa shape index (κ1) is 18.2. The van der Waals surface area contributed by atoms with Crippen molar-refractivity contribution in [1.82, 2.24) is 0 Å². The molecule has 0 aromatic heterocycles. The van der Waals surface area contributed by atoms with Crippen molar-refractivity contribution < 1.29 is 0 Å². The minimum absolute atomic E-state index is 0. The monoisotopic (exact) mass is 250 g/mol. The van der Waals surface area contributed by atoms with E-state index in [0.29, 0.717) is 5.16 Å². The molecule has 0 spiro atoms. The third kappa shape index (κ3) is 9.77. The smallest absolute Gasteiger partial charge is 0.0150 e. The summed E-state index contributed by atoms with van der Waals surface area (Å²) in [4.78, 5) is 0. The molecule has 15 heavy (non-hydrogen) atoms. The van der Waals surface area contributed by atoms with Crippen LogP contribution in [0.2, 0.25) is 0 Å². The van der Waals surface area contributed by atoms with Crippen molar-refractivity contribution in [2.75, 3.05) is 0 Å². The van der Waals surface area contributed by atoms with Gasteiger partial charge in [-0.1, -0.05) is 59.3 Å². The third-order valence-corrected chi connectivity index (χ3v) is 3.95. The Labute approximate surface area is 103 Å². The molecule has 0 N–H and O–H groups in total. The Morgan fingerprint density at radius 1 is 0.733 bits per heavy atom. The second kappa shape index (κ2) is 11.3. The fourth-order valence-corrected chi connectivity index (χ4v) is 2.57. The highest BCUT2D eigenvalue weighted by molar-refractivity contribution is 7.19. The average Bonchev–Trinajstić information content (AvgIpc) is 2.21. The van der Waals surface area contributed by atoms with Gasteiger partial charge in [-0.3, -0.25) is 0 Å². The lowest BCUT2D eigenvalue weighted by atomic mass is 9.90. The van der Waals surface area contributed by atoms with Crippen LogP contribution >= 0.6 is 19.1 Å². The summed E-state index contributed by atoms with van der Waals surface area (Å²) in [5, 5.41) is 0.571. The van der Waals surface area contributed by atoms with E-state index in [1.54, 1.807) is 0 Å². The molecule has 0 bridgehead atoms. The van der Waals surface area contributed by atoms with E-state index >= 15 is 0 Å². The maximum Gasteiger partial charge on any atom is -0.0150 e. The lowest BCUT2D eigenvalue weighted by Crippen LogP contribution is -2.20. The van der Waals surface area contributed by atoms with E-state index in [1.807, 2.05) is 0 Å². The first-order valence-electron chi connectivity index (χ1n) is 6.47. The van der Waals surface area contributed by atoms with Crippen LogP contribution in [0.25, 0.3) is 0 Å². The van der Waals surface area contributed by atoms with Crippen LogP contribution < -0.4 is 0 Å². The van der Waals surface area contributed by atoms with Crippen LogP contribution in [0.3, 0.4) is 0 Å². The lowest BCUT2D eigenvalue weighted by Gasteiger charge is -2.29. The maximum absolute atomic E-state index is 3.17. The van der Waals surface area contributed by atoms with Gasteiger partial charge < -0.3 is 0 Å². The summed E-state index contributed by atoms with van der Waals surface area (Å²) in [7, 11) is 3.17. The first-order valence-corrected chi connectivity index (χ1v) is 7.05. The molecule has 0 aromatic rings. The van der Waals surface area contributed by atoms with Crippen LogP contribution in [0.1, 0.15) is 78.6 Å². The maximum atomic E-state index is 3.17. The van der Waals surface area contributed by atoms with Gasteiger partial charge in [-0.05, 0) is 24.4 Å². The number of unbranched alkanes of at least 4 members (excludes halogenated alkanes) is 3. The number of hydrogen-bond donors (Lipinski definition) is 0. The summed E-state index contributed by atoms with van der Waals surface area (Å²) in [6.07, 6.45) is 12.5. The highest BCUT2D eigenvalue weighted by atomic mass is 31.0. The van der Waals surface area contributed by atoms with Gasteiger partial charge in [0.2, 0.25) is 0 Å². The van der Waals surface area contributed by atoms with E-state index in [2.05, 4.69) is 30.0 Å². The van der Waals surface area contributed by atoms with Gasteiger partial charge in [0, 0.05) is 0 Å². The second-order valence-corrected chi connectivity index (χ2v) is 5.90. The van der Waals surface area contributed by atoms with Gasteiger partial charge in [-0.15, -0.1) is 9.24 Å². The molecule has 0 nitrogen and oxygen atoms in total. The van der Waals surface area contributed by atoms with Crippen molar-refractivity contribution in [3.05, 3.63) is 0 Å². The zero-order valence-electron chi connectivity index (χ0n) is 11.1. The molecular weight excluding hydrogens is 218 g/mol. The van der Waals surface area contributed by atoms with E-state index in [4.69, 9.17) is 0 Å². The van der Waals surface area contributed by atoms with Crippen molar-refractivity contribution in [1.29, 1.82) is 0 Å². The van der Waals surface area contributed by atoms with Crippen LogP contribution in [0, 0.1) is 0 Å². The predicted octanol–water partition coefficient (Wildman–Crippen LogP) is 5.23.